The number of Topliss-reactive ketones (excluding diaryl/α,β-unsaturated/α-hetero) is 1. The van der Waals surface area contributed by atoms with E-state index >= 15 is 4.39 Å². The minimum absolute atomic E-state index is 0.0142. The molecule has 1 heterocycles. The number of hydrogen-bond acceptors (Lipinski definition) is 7. The lowest BCUT2D eigenvalue weighted by molar-refractivity contribution is -0.110. The lowest BCUT2D eigenvalue weighted by Crippen LogP contribution is -2.42. The van der Waals surface area contributed by atoms with Crippen LogP contribution in [0.2, 0.25) is 0 Å². The highest BCUT2D eigenvalue weighted by molar-refractivity contribution is 6.07. The first-order chi connectivity index (χ1) is 19.1. The van der Waals surface area contributed by atoms with Crippen LogP contribution in [0.5, 0.6) is 11.5 Å². The molecule has 1 aliphatic heterocycles. The molecule has 4 N–H and O–H groups in total. The van der Waals surface area contributed by atoms with Gasteiger partial charge in [0.15, 0.2) is 23.1 Å². The molecule has 0 saturated heterocycles. The van der Waals surface area contributed by atoms with Gasteiger partial charge in [-0.2, -0.15) is 0 Å². The monoisotopic (exact) mass is 573 g/mol. The summed E-state index contributed by atoms with van der Waals surface area (Å²) in [5.74, 6) is -0.409. The number of hydrogen-bond donors (Lipinski definition) is 4. The van der Waals surface area contributed by atoms with Gasteiger partial charge in [-0.05, 0) is 69.4 Å². The standard InChI is InChI=1S/C27H35FN2O3.C4H9NO3/c1-9-32-21-14-19-22(23(28)24(21)33-10-2)25(29)30(27(19,7)8)15-20(31)17-11-16(3)12-18(13-17)26(4,5)6;6-2-4(8)1-5-3-7/h11-14,29H,9-10,15H2,1-8H3;3-4,6,8H,1-2H2,(H,5,7). The lowest BCUT2D eigenvalue weighted by Gasteiger charge is -2.33. The molecular weight excluding hydrogens is 529 g/mol. The van der Waals surface area contributed by atoms with E-state index in [4.69, 9.17) is 25.1 Å². The Balaban J connectivity index is 0.000000642. The van der Waals surface area contributed by atoms with E-state index in [2.05, 4.69) is 32.2 Å². The normalized spacial score (nSPS) is 14.5. The molecule has 1 aliphatic rings. The zero-order chi connectivity index (χ0) is 31.1. The number of amidine groups is 1. The van der Waals surface area contributed by atoms with Crippen molar-refractivity contribution in [1.82, 2.24) is 10.2 Å². The highest BCUT2D eigenvalue weighted by Crippen LogP contribution is 2.46. The maximum Gasteiger partial charge on any atom is 0.207 e. The number of carbonyl (C=O) groups excluding carboxylic acids is 2. The van der Waals surface area contributed by atoms with E-state index in [1.165, 1.54) is 0 Å². The van der Waals surface area contributed by atoms with Crippen LogP contribution >= 0.6 is 0 Å². The molecule has 0 spiro atoms. The second-order valence-corrected chi connectivity index (χ2v) is 11.4. The number of fused-ring (bicyclic) bond motifs is 1. The van der Waals surface area contributed by atoms with E-state index in [1.807, 2.05) is 39.8 Å². The Hall–Kier alpha value is -3.50. The summed E-state index contributed by atoms with van der Waals surface area (Å²) in [5.41, 5.74) is 2.62. The van der Waals surface area contributed by atoms with Crippen molar-refractivity contribution in [3.63, 3.8) is 0 Å². The number of benzene rings is 2. The Morgan fingerprint density at radius 3 is 2.34 bits per heavy atom. The van der Waals surface area contributed by atoms with Crippen LogP contribution in [0.15, 0.2) is 24.3 Å². The molecule has 41 heavy (non-hydrogen) atoms. The summed E-state index contributed by atoms with van der Waals surface area (Å²) >= 11 is 0. The first-order valence-electron chi connectivity index (χ1n) is 13.7. The molecule has 1 atom stereocenters. The number of amides is 1. The fraction of sp³-hybridized carbons (Fsp3) is 0.516. The number of aliphatic hydroxyl groups is 2. The highest BCUT2D eigenvalue weighted by Gasteiger charge is 2.45. The molecule has 9 nitrogen and oxygen atoms in total. The summed E-state index contributed by atoms with van der Waals surface area (Å²) in [6.07, 6.45) is -0.362. The van der Waals surface area contributed by atoms with Crippen molar-refractivity contribution < 1.29 is 33.7 Å². The predicted molar refractivity (Wildman–Crippen MR) is 157 cm³/mol. The van der Waals surface area contributed by atoms with Gasteiger partial charge < -0.3 is 29.9 Å². The van der Waals surface area contributed by atoms with Gasteiger partial charge in [-0.15, -0.1) is 0 Å². The van der Waals surface area contributed by atoms with Crippen LogP contribution in [0.3, 0.4) is 0 Å². The van der Waals surface area contributed by atoms with Crippen molar-refractivity contribution in [2.75, 3.05) is 32.9 Å². The lowest BCUT2D eigenvalue weighted by atomic mass is 9.84. The van der Waals surface area contributed by atoms with Gasteiger partial charge in [0.05, 0.1) is 43.6 Å². The Bertz CT molecular complexity index is 1260. The first-order valence-corrected chi connectivity index (χ1v) is 13.7. The fourth-order valence-electron chi connectivity index (χ4n) is 4.56. The van der Waals surface area contributed by atoms with Crippen molar-refractivity contribution >= 4 is 18.0 Å². The molecular formula is C31H44FN3O6. The minimum atomic E-state index is -0.833. The van der Waals surface area contributed by atoms with E-state index in [0.29, 0.717) is 29.9 Å². The number of carbonyl (C=O) groups is 2. The van der Waals surface area contributed by atoms with Gasteiger partial charge in [-0.3, -0.25) is 15.0 Å². The SMILES string of the molecule is CCOc1cc2c(c(F)c1OCC)C(=N)N(CC(=O)c1cc(C)cc(C(C)(C)C)c1)C2(C)C.O=CNCC(O)CO. The van der Waals surface area contributed by atoms with Gasteiger partial charge in [0.2, 0.25) is 6.41 Å². The number of aryl methyl sites for hydroxylation is 1. The number of rotatable bonds is 11. The van der Waals surface area contributed by atoms with Crippen LogP contribution in [0.25, 0.3) is 0 Å². The maximum absolute atomic E-state index is 15.6. The molecule has 226 valence electrons. The summed E-state index contributed by atoms with van der Waals surface area (Å²) in [7, 11) is 0. The zero-order valence-electron chi connectivity index (χ0n) is 25.4. The topological polar surface area (TPSA) is 132 Å². The van der Waals surface area contributed by atoms with E-state index in [9.17, 15) is 9.59 Å². The Labute approximate surface area is 242 Å². The average Bonchev–Trinajstić information content (AvgIpc) is 3.09. The van der Waals surface area contributed by atoms with E-state index in [1.54, 1.807) is 17.9 Å². The zero-order valence-corrected chi connectivity index (χ0v) is 25.4. The van der Waals surface area contributed by atoms with Crippen molar-refractivity contribution in [1.29, 1.82) is 5.41 Å². The number of nitrogens with zero attached hydrogens (tertiary/aromatic N) is 1. The van der Waals surface area contributed by atoms with E-state index < -0.39 is 17.5 Å². The molecule has 0 radical (unpaired) electrons. The summed E-state index contributed by atoms with van der Waals surface area (Å²) in [6, 6.07) is 7.64. The Kier molecular flexibility index (Phi) is 11.4. The average molecular weight is 574 g/mol. The van der Waals surface area contributed by atoms with Crippen molar-refractivity contribution in [3.05, 3.63) is 57.9 Å². The molecule has 3 rings (SSSR count). The van der Waals surface area contributed by atoms with Crippen molar-refractivity contribution in [2.45, 2.75) is 72.4 Å². The van der Waals surface area contributed by atoms with Gasteiger partial charge in [-0.1, -0.05) is 32.4 Å². The second kappa shape index (κ2) is 13.9. The summed E-state index contributed by atoms with van der Waals surface area (Å²) in [5, 5.41) is 27.6. The molecule has 0 fully saturated rings. The maximum atomic E-state index is 15.6. The largest absolute Gasteiger partial charge is 0.490 e. The predicted octanol–water partition coefficient (Wildman–Crippen LogP) is 4.07. The fourth-order valence-corrected chi connectivity index (χ4v) is 4.56. The third-order valence-electron chi connectivity index (χ3n) is 6.83. The van der Waals surface area contributed by atoms with Gasteiger partial charge >= 0.3 is 0 Å². The first kappa shape index (κ1) is 33.7. The summed E-state index contributed by atoms with van der Waals surface area (Å²) in [4.78, 5) is 24.5. The summed E-state index contributed by atoms with van der Waals surface area (Å²) < 4.78 is 26.7. The molecule has 0 aliphatic carbocycles. The molecule has 0 saturated carbocycles. The molecule has 0 bridgehead atoms. The van der Waals surface area contributed by atoms with Crippen LogP contribution in [0, 0.1) is 18.2 Å². The van der Waals surface area contributed by atoms with Crippen LogP contribution < -0.4 is 14.8 Å². The highest BCUT2D eigenvalue weighted by atomic mass is 19.1. The van der Waals surface area contributed by atoms with Crippen LogP contribution in [0.4, 0.5) is 4.39 Å². The third kappa shape index (κ3) is 7.83. The molecule has 1 unspecified atom stereocenters. The van der Waals surface area contributed by atoms with Crippen LogP contribution in [-0.4, -0.2) is 72.2 Å². The number of aliphatic hydroxyl groups excluding tert-OH is 2. The molecule has 10 heteroatoms. The van der Waals surface area contributed by atoms with Crippen LogP contribution in [-0.2, 0) is 15.7 Å². The van der Waals surface area contributed by atoms with E-state index in [-0.39, 0.29) is 54.7 Å². The molecule has 2 aromatic carbocycles. The van der Waals surface area contributed by atoms with E-state index in [0.717, 1.165) is 11.1 Å². The second-order valence-electron chi connectivity index (χ2n) is 11.4. The number of ketones is 1. The van der Waals surface area contributed by atoms with Crippen molar-refractivity contribution in [2.24, 2.45) is 0 Å². The van der Waals surface area contributed by atoms with Gasteiger partial charge in [0, 0.05) is 12.1 Å². The molecule has 0 aromatic heterocycles. The number of ether oxygens (including phenoxy) is 2. The van der Waals surface area contributed by atoms with Crippen molar-refractivity contribution in [3.8, 4) is 11.5 Å². The molecule has 2 aromatic rings. The van der Waals surface area contributed by atoms with Gasteiger partial charge in [0.25, 0.3) is 0 Å². The smallest absolute Gasteiger partial charge is 0.207 e. The van der Waals surface area contributed by atoms with Gasteiger partial charge in [0.1, 0.15) is 5.84 Å². The Morgan fingerprint density at radius 1 is 1.17 bits per heavy atom. The third-order valence-corrected chi connectivity index (χ3v) is 6.83. The summed E-state index contributed by atoms with van der Waals surface area (Å²) in [6.45, 7) is 16.1. The molecule has 1 amide bonds. The van der Waals surface area contributed by atoms with Gasteiger partial charge in [-0.25, -0.2) is 4.39 Å². The number of nitrogens with one attached hydrogen (secondary N) is 2. The van der Waals surface area contributed by atoms with Crippen LogP contribution in [0.1, 0.15) is 81.1 Å². The quantitative estimate of drug-likeness (QED) is 0.235. The number of halogens is 1. The minimum Gasteiger partial charge on any atom is -0.490 e. The Morgan fingerprint density at radius 2 is 1.80 bits per heavy atom.